The molecule has 5 rings (SSSR count). The smallest absolute Gasteiger partial charge is 0.416 e. The van der Waals surface area contributed by atoms with E-state index in [-0.39, 0.29) is 5.02 Å². The Balaban J connectivity index is 1.41. The molecular weight excluding hydrogens is 625 g/mol. The summed E-state index contributed by atoms with van der Waals surface area (Å²) < 4.78 is 46.4. The van der Waals surface area contributed by atoms with E-state index in [1.807, 2.05) is 48.6 Å². The summed E-state index contributed by atoms with van der Waals surface area (Å²) >= 11 is 9.49. The number of nitrogens with zero attached hydrogens (tertiary/aromatic N) is 1. The number of hydrogen-bond donors (Lipinski definition) is 1. The van der Waals surface area contributed by atoms with Gasteiger partial charge in [-0.05, 0) is 81.2 Å². The van der Waals surface area contributed by atoms with Crippen LogP contribution in [-0.4, -0.2) is 17.8 Å². The lowest BCUT2D eigenvalue weighted by atomic mass is 10.0. The van der Waals surface area contributed by atoms with Crippen LogP contribution in [0.5, 0.6) is 5.75 Å². The number of fused-ring (bicyclic) bond motifs is 1. The summed E-state index contributed by atoms with van der Waals surface area (Å²) in [7, 11) is 0. The molecule has 0 aromatic heterocycles. The fraction of sp³-hybridized carbons (Fsp3) is 0.100. The number of rotatable bonds is 5. The second kappa shape index (κ2) is 11.0. The van der Waals surface area contributed by atoms with Gasteiger partial charge >= 0.3 is 12.2 Å². The first-order valence-corrected chi connectivity index (χ1v) is 13.3. The molecule has 0 unspecified atom stereocenters. The molecule has 0 radical (unpaired) electrons. The molecule has 4 amide bonds. The molecule has 0 atom stereocenters. The van der Waals surface area contributed by atoms with E-state index >= 15 is 0 Å². The molecule has 1 aliphatic heterocycles. The standard InChI is InChI=1S/C30H19BrClF3N2O4/c1-16-6-8-18-4-2-3-5-20(18)22(16)15-41-26-11-7-17(13-23(26)31)12-21-27(38)36-29(40)37(28(21)39)25-14-19(30(33,34)35)9-10-24(25)32/h2-14H,15H2,1H3,(H,36,38,40)/b21-12-. The molecule has 1 heterocycles. The van der Waals surface area contributed by atoms with Crippen molar-refractivity contribution < 1.29 is 32.3 Å². The maximum atomic E-state index is 13.3. The van der Waals surface area contributed by atoms with E-state index in [0.717, 1.165) is 34.0 Å². The Labute approximate surface area is 245 Å². The van der Waals surface area contributed by atoms with Gasteiger partial charge < -0.3 is 4.74 Å². The van der Waals surface area contributed by atoms with Crippen LogP contribution in [0.4, 0.5) is 23.7 Å². The Morgan fingerprint density at radius 2 is 1.76 bits per heavy atom. The van der Waals surface area contributed by atoms with Crippen LogP contribution in [0.15, 0.2) is 82.8 Å². The van der Waals surface area contributed by atoms with E-state index in [0.29, 0.717) is 33.4 Å². The molecule has 4 aromatic carbocycles. The highest BCUT2D eigenvalue weighted by Gasteiger charge is 2.39. The number of imide groups is 2. The minimum absolute atomic E-state index is 0.277. The first kappa shape index (κ1) is 28.4. The third-order valence-corrected chi connectivity index (χ3v) is 7.47. The van der Waals surface area contributed by atoms with Gasteiger partial charge in [0.15, 0.2) is 0 Å². The van der Waals surface area contributed by atoms with E-state index in [9.17, 15) is 27.6 Å². The van der Waals surface area contributed by atoms with Gasteiger partial charge in [-0.3, -0.25) is 14.9 Å². The summed E-state index contributed by atoms with van der Waals surface area (Å²) in [6.45, 7) is 2.30. The van der Waals surface area contributed by atoms with E-state index in [1.165, 1.54) is 6.08 Å². The number of amides is 4. The van der Waals surface area contributed by atoms with Gasteiger partial charge in [0.05, 0.1) is 20.7 Å². The van der Waals surface area contributed by atoms with Crippen LogP contribution in [0.1, 0.15) is 22.3 Å². The molecule has 208 valence electrons. The topological polar surface area (TPSA) is 75.7 Å². The lowest BCUT2D eigenvalue weighted by Gasteiger charge is -2.27. The van der Waals surface area contributed by atoms with Crippen LogP contribution in [-0.2, 0) is 22.4 Å². The van der Waals surface area contributed by atoms with Crippen LogP contribution in [0.2, 0.25) is 5.02 Å². The molecule has 1 aliphatic rings. The van der Waals surface area contributed by atoms with Crippen molar-refractivity contribution in [3.05, 3.63) is 110 Å². The summed E-state index contributed by atoms with van der Waals surface area (Å²) in [4.78, 5) is 38.7. The second-order valence-electron chi connectivity index (χ2n) is 9.18. The van der Waals surface area contributed by atoms with Gasteiger partial charge in [0.2, 0.25) is 0 Å². The number of urea groups is 1. The van der Waals surface area contributed by atoms with Gasteiger partial charge in [0, 0.05) is 5.56 Å². The third kappa shape index (κ3) is 5.71. The number of ether oxygens (including phenoxy) is 1. The maximum absolute atomic E-state index is 13.3. The number of aryl methyl sites for hydroxylation is 1. The first-order chi connectivity index (χ1) is 19.4. The minimum Gasteiger partial charge on any atom is -0.488 e. The zero-order chi connectivity index (χ0) is 29.5. The molecular formula is C30H19BrClF3N2O4. The summed E-state index contributed by atoms with van der Waals surface area (Å²) in [6.07, 6.45) is -3.52. The predicted molar refractivity (Wildman–Crippen MR) is 153 cm³/mol. The van der Waals surface area contributed by atoms with Crippen LogP contribution in [0, 0.1) is 6.92 Å². The molecule has 0 saturated carbocycles. The number of halogens is 5. The third-order valence-electron chi connectivity index (χ3n) is 6.53. The molecule has 0 spiro atoms. The summed E-state index contributed by atoms with van der Waals surface area (Å²) in [5, 5.41) is 3.87. The molecule has 1 saturated heterocycles. The van der Waals surface area contributed by atoms with Crippen molar-refractivity contribution >= 4 is 67.9 Å². The lowest BCUT2D eigenvalue weighted by Crippen LogP contribution is -2.54. The highest BCUT2D eigenvalue weighted by atomic mass is 79.9. The minimum atomic E-state index is -4.74. The zero-order valence-electron chi connectivity index (χ0n) is 21.2. The summed E-state index contributed by atoms with van der Waals surface area (Å²) in [5.41, 5.74) is 0.416. The Morgan fingerprint density at radius 1 is 1.00 bits per heavy atom. The Hall–Kier alpha value is -4.15. The molecule has 0 aliphatic carbocycles. The van der Waals surface area contributed by atoms with Crippen LogP contribution in [0.25, 0.3) is 16.8 Å². The monoisotopic (exact) mass is 642 g/mol. The van der Waals surface area contributed by atoms with Gasteiger partial charge in [-0.15, -0.1) is 0 Å². The average Bonchev–Trinajstić information content (AvgIpc) is 2.91. The lowest BCUT2D eigenvalue weighted by molar-refractivity contribution is -0.137. The predicted octanol–water partition coefficient (Wildman–Crippen LogP) is 7.83. The Morgan fingerprint density at radius 3 is 2.49 bits per heavy atom. The highest BCUT2D eigenvalue weighted by molar-refractivity contribution is 9.10. The number of anilines is 1. The van der Waals surface area contributed by atoms with Crippen molar-refractivity contribution in [1.82, 2.24) is 5.32 Å². The first-order valence-electron chi connectivity index (χ1n) is 12.1. The van der Waals surface area contributed by atoms with Crippen molar-refractivity contribution in [3.8, 4) is 5.75 Å². The van der Waals surface area contributed by atoms with Crippen molar-refractivity contribution in [2.75, 3.05) is 4.90 Å². The van der Waals surface area contributed by atoms with Crippen LogP contribution < -0.4 is 15.0 Å². The summed E-state index contributed by atoms with van der Waals surface area (Å²) in [5.74, 6) is -1.61. The van der Waals surface area contributed by atoms with Crippen molar-refractivity contribution in [2.24, 2.45) is 0 Å². The number of alkyl halides is 3. The number of nitrogens with one attached hydrogen (secondary N) is 1. The largest absolute Gasteiger partial charge is 0.488 e. The number of barbiturate groups is 1. The van der Waals surface area contributed by atoms with Gasteiger partial charge in [-0.2, -0.15) is 13.2 Å². The fourth-order valence-corrected chi connectivity index (χ4v) is 5.13. The van der Waals surface area contributed by atoms with Crippen molar-refractivity contribution in [1.29, 1.82) is 0 Å². The SMILES string of the molecule is Cc1ccc2ccccc2c1COc1ccc(/C=C2/C(=O)NC(=O)N(c3cc(C(F)(F)F)ccc3Cl)C2=O)cc1Br. The van der Waals surface area contributed by atoms with Crippen molar-refractivity contribution in [2.45, 2.75) is 19.7 Å². The van der Waals surface area contributed by atoms with Crippen LogP contribution in [0.3, 0.4) is 0 Å². The molecule has 0 bridgehead atoms. The van der Waals surface area contributed by atoms with E-state index < -0.39 is 40.8 Å². The van der Waals surface area contributed by atoms with Gasteiger partial charge in [-0.25, -0.2) is 9.69 Å². The van der Waals surface area contributed by atoms with Gasteiger partial charge in [-0.1, -0.05) is 54.1 Å². The van der Waals surface area contributed by atoms with Crippen LogP contribution >= 0.6 is 27.5 Å². The van der Waals surface area contributed by atoms with E-state index in [1.54, 1.807) is 18.2 Å². The Bertz CT molecular complexity index is 1770. The molecule has 4 aromatic rings. The van der Waals surface area contributed by atoms with E-state index in [4.69, 9.17) is 16.3 Å². The maximum Gasteiger partial charge on any atom is 0.416 e. The second-order valence-corrected chi connectivity index (χ2v) is 10.4. The fourth-order valence-electron chi connectivity index (χ4n) is 4.41. The van der Waals surface area contributed by atoms with E-state index in [2.05, 4.69) is 15.9 Å². The Kier molecular flexibility index (Phi) is 7.63. The van der Waals surface area contributed by atoms with Crippen molar-refractivity contribution in [3.63, 3.8) is 0 Å². The quantitative estimate of drug-likeness (QED) is 0.178. The molecule has 11 heteroatoms. The molecule has 1 N–H and O–H groups in total. The zero-order valence-corrected chi connectivity index (χ0v) is 23.5. The number of carbonyl (C=O) groups is 3. The average molecular weight is 644 g/mol. The number of carbonyl (C=O) groups excluding carboxylic acids is 3. The molecule has 1 fully saturated rings. The highest BCUT2D eigenvalue weighted by Crippen LogP contribution is 2.37. The molecule has 6 nitrogen and oxygen atoms in total. The summed E-state index contributed by atoms with van der Waals surface area (Å²) in [6, 6.07) is 17.9. The number of hydrogen-bond acceptors (Lipinski definition) is 4. The molecule has 41 heavy (non-hydrogen) atoms. The normalized spacial score (nSPS) is 15.0. The number of benzene rings is 4. The van der Waals surface area contributed by atoms with Gasteiger partial charge in [0.25, 0.3) is 11.8 Å². The van der Waals surface area contributed by atoms with Gasteiger partial charge in [0.1, 0.15) is 17.9 Å².